The van der Waals surface area contributed by atoms with E-state index in [4.69, 9.17) is 17.4 Å². The van der Waals surface area contributed by atoms with E-state index in [1.54, 1.807) is 0 Å². The maximum atomic E-state index is 6.12. The van der Waals surface area contributed by atoms with Crippen LogP contribution in [0.25, 0.3) is 0 Å². The molecule has 1 saturated carbocycles. The molecule has 1 fully saturated rings. The third kappa shape index (κ3) is 1.78. The molecule has 76 valence electrons. The maximum Gasteiger partial charge on any atom is 0.0505 e. The predicted molar refractivity (Wildman–Crippen MR) is 58.8 cm³/mol. The molecule has 1 aliphatic carbocycles. The Labute approximate surface area is 89.4 Å². The van der Waals surface area contributed by atoms with E-state index in [1.807, 2.05) is 24.3 Å². The van der Waals surface area contributed by atoms with Gasteiger partial charge in [-0.05, 0) is 29.9 Å². The van der Waals surface area contributed by atoms with Crippen LogP contribution < -0.4 is 11.3 Å². The van der Waals surface area contributed by atoms with Gasteiger partial charge in [0.1, 0.15) is 0 Å². The average molecular weight is 211 g/mol. The topological polar surface area (TPSA) is 38.0 Å². The summed E-state index contributed by atoms with van der Waals surface area (Å²) in [6, 6.07) is 8.10. The molecular weight excluding hydrogens is 196 g/mol. The Morgan fingerprint density at radius 3 is 2.64 bits per heavy atom. The Balaban J connectivity index is 2.23. The fourth-order valence-electron chi connectivity index (χ4n) is 1.99. The second-order valence-corrected chi connectivity index (χ2v) is 4.45. The molecule has 3 atom stereocenters. The van der Waals surface area contributed by atoms with Crippen molar-refractivity contribution in [2.75, 3.05) is 0 Å². The molecule has 0 heterocycles. The van der Waals surface area contributed by atoms with Gasteiger partial charge in [-0.15, -0.1) is 0 Å². The lowest BCUT2D eigenvalue weighted by molar-refractivity contribution is 0.476. The lowest BCUT2D eigenvalue weighted by Gasteiger charge is -2.17. The molecule has 2 rings (SSSR count). The van der Waals surface area contributed by atoms with Gasteiger partial charge in [-0.1, -0.05) is 36.7 Å². The molecule has 0 aromatic heterocycles. The third-order valence-corrected chi connectivity index (χ3v) is 3.36. The second-order valence-electron chi connectivity index (χ2n) is 4.04. The minimum Gasteiger partial charge on any atom is -0.271 e. The van der Waals surface area contributed by atoms with Gasteiger partial charge < -0.3 is 0 Å². The monoisotopic (exact) mass is 210 g/mol. The lowest BCUT2D eigenvalue weighted by Crippen LogP contribution is -2.30. The van der Waals surface area contributed by atoms with Crippen LogP contribution in [0.2, 0.25) is 5.02 Å². The molecule has 0 bridgehead atoms. The first kappa shape index (κ1) is 9.97. The summed E-state index contributed by atoms with van der Waals surface area (Å²) in [5.41, 5.74) is 3.98. The highest BCUT2D eigenvalue weighted by Gasteiger charge is 2.40. The van der Waals surface area contributed by atoms with Crippen LogP contribution in [0.3, 0.4) is 0 Å². The Bertz CT molecular complexity index is 327. The quantitative estimate of drug-likeness (QED) is 0.594. The lowest BCUT2D eigenvalue weighted by atomic mass is 10.0. The van der Waals surface area contributed by atoms with Gasteiger partial charge in [0.05, 0.1) is 6.04 Å². The first-order valence-corrected chi connectivity index (χ1v) is 5.32. The van der Waals surface area contributed by atoms with Gasteiger partial charge in [0.2, 0.25) is 0 Å². The fraction of sp³-hybridized carbons (Fsp3) is 0.455. The molecule has 14 heavy (non-hydrogen) atoms. The van der Waals surface area contributed by atoms with E-state index in [1.165, 1.54) is 6.42 Å². The molecule has 0 amide bonds. The normalized spacial score (nSPS) is 27.4. The summed E-state index contributed by atoms with van der Waals surface area (Å²) in [5, 5.41) is 0.801. The summed E-state index contributed by atoms with van der Waals surface area (Å²) >= 11 is 6.12. The van der Waals surface area contributed by atoms with Gasteiger partial charge in [0.15, 0.2) is 0 Å². The van der Waals surface area contributed by atoms with Crippen molar-refractivity contribution in [1.29, 1.82) is 0 Å². The number of hydrogen-bond acceptors (Lipinski definition) is 2. The van der Waals surface area contributed by atoms with Crippen molar-refractivity contribution >= 4 is 11.6 Å². The molecule has 3 heteroatoms. The summed E-state index contributed by atoms with van der Waals surface area (Å²) in [6.07, 6.45) is 1.24. The van der Waals surface area contributed by atoms with E-state index < -0.39 is 0 Å². The number of nitrogens with one attached hydrogen (secondary N) is 1. The van der Waals surface area contributed by atoms with Crippen molar-refractivity contribution in [3.8, 4) is 0 Å². The number of nitrogens with two attached hydrogens (primary N) is 1. The zero-order chi connectivity index (χ0) is 10.1. The first-order chi connectivity index (χ1) is 6.74. The molecule has 3 N–H and O–H groups in total. The van der Waals surface area contributed by atoms with Crippen molar-refractivity contribution in [3.63, 3.8) is 0 Å². The van der Waals surface area contributed by atoms with E-state index in [-0.39, 0.29) is 6.04 Å². The van der Waals surface area contributed by atoms with Crippen LogP contribution in [0.4, 0.5) is 0 Å². The number of benzene rings is 1. The number of hydrazine groups is 1. The van der Waals surface area contributed by atoms with Gasteiger partial charge >= 0.3 is 0 Å². The largest absolute Gasteiger partial charge is 0.271 e. The summed E-state index contributed by atoms with van der Waals surface area (Å²) < 4.78 is 0. The maximum absolute atomic E-state index is 6.12. The SMILES string of the molecule is CC1CC1C(NN)c1ccccc1Cl. The van der Waals surface area contributed by atoms with Crippen molar-refractivity contribution in [2.45, 2.75) is 19.4 Å². The summed E-state index contributed by atoms with van der Waals surface area (Å²) in [7, 11) is 0. The van der Waals surface area contributed by atoms with E-state index in [0.29, 0.717) is 5.92 Å². The number of halogens is 1. The highest BCUT2D eigenvalue weighted by molar-refractivity contribution is 6.31. The molecular formula is C11H15ClN2. The molecule has 0 radical (unpaired) electrons. The molecule has 2 nitrogen and oxygen atoms in total. The van der Waals surface area contributed by atoms with Crippen molar-refractivity contribution in [2.24, 2.45) is 17.7 Å². The smallest absolute Gasteiger partial charge is 0.0505 e. The molecule has 1 aliphatic rings. The standard InChI is InChI=1S/C11H15ClN2/c1-7-6-9(7)11(14-13)8-4-2-3-5-10(8)12/h2-5,7,9,11,14H,6,13H2,1H3. The fourth-order valence-corrected chi connectivity index (χ4v) is 2.24. The molecule has 1 aromatic carbocycles. The molecule has 0 saturated heterocycles. The van der Waals surface area contributed by atoms with Crippen LogP contribution in [0, 0.1) is 11.8 Å². The Kier molecular flexibility index (Phi) is 2.77. The van der Waals surface area contributed by atoms with E-state index >= 15 is 0 Å². The average Bonchev–Trinajstić information content (AvgIpc) is 2.88. The van der Waals surface area contributed by atoms with Gasteiger partial charge in [0, 0.05) is 5.02 Å². The second kappa shape index (κ2) is 3.89. The van der Waals surface area contributed by atoms with Crippen LogP contribution >= 0.6 is 11.6 Å². The van der Waals surface area contributed by atoms with Gasteiger partial charge in [-0.2, -0.15) is 0 Å². The van der Waals surface area contributed by atoms with Gasteiger partial charge in [-0.25, -0.2) is 0 Å². The zero-order valence-corrected chi connectivity index (χ0v) is 8.96. The highest BCUT2D eigenvalue weighted by Crippen LogP contribution is 2.47. The molecule has 0 spiro atoms. The van der Waals surface area contributed by atoms with E-state index in [9.17, 15) is 0 Å². The van der Waals surface area contributed by atoms with E-state index in [0.717, 1.165) is 16.5 Å². The molecule has 1 aromatic rings. The summed E-state index contributed by atoms with van der Waals surface area (Å²) in [6.45, 7) is 2.24. The Morgan fingerprint density at radius 1 is 1.50 bits per heavy atom. The Hall–Kier alpha value is -0.570. The first-order valence-electron chi connectivity index (χ1n) is 4.94. The minimum atomic E-state index is 0.207. The minimum absolute atomic E-state index is 0.207. The molecule has 3 unspecified atom stereocenters. The van der Waals surface area contributed by atoms with E-state index in [2.05, 4.69) is 12.3 Å². The zero-order valence-electron chi connectivity index (χ0n) is 8.20. The van der Waals surface area contributed by atoms with Crippen molar-refractivity contribution < 1.29 is 0 Å². The molecule has 0 aliphatic heterocycles. The van der Waals surface area contributed by atoms with Crippen LogP contribution in [0.1, 0.15) is 24.9 Å². The summed E-state index contributed by atoms with van der Waals surface area (Å²) in [5.74, 6) is 6.96. The van der Waals surface area contributed by atoms with Crippen LogP contribution in [0.15, 0.2) is 24.3 Å². The number of rotatable bonds is 3. The van der Waals surface area contributed by atoms with Crippen LogP contribution in [-0.2, 0) is 0 Å². The van der Waals surface area contributed by atoms with Gasteiger partial charge in [-0.3, -0.25) is 11.3 Å². The van der Waals surface area contributed by atoms with Gasteiger partial charge in [0.25, 0.3) is 0 Å². The third-order valence-electron chi connectivity index (χ3n) is 3.02. The van der Waals surface area contributed by atoms with Crippen LogP contribution in [0.5, 0.6) is 0 Å². The van der Waals surface area contributed by atoms with Crippen LogP contribution in [-0.4, -0.2) is 0 Å². The van der Waals surface area contributed by atoms with Crippen molar-refractivity contribution in [3.05, 3.63) is 34.9 Å². The highest BCUT2D eigenvalue weighted by atomic mass is 35.5. The number of hydrogen-bond donors (Lipinski definition) is 2. The summed E-state index contributed by atoms with van der Waals surface area (Å²) in [4.78, 5) is 0. The Morgan fingerprint density at radius 2 is 2.14 bits per heavy atom. The predicted octanol–water partition coefficient (Wildman–Crippen LogP) is 2.50. The van der Waals surface area contributed by atoms with Crippen molar-refractivity contribution in [1.82, 2.24) is 5.43 Å².